The first kappa shape index (κ1) is 9.44. The van der Waals surface area contributed by atoms with Crippen molar-refractivity contribution in [2.45, 2.75) is 6.42 Å². The molecular formula is C8H8FNO3. The summed E-state index contributed by atoms with van der Waals surface area (Å²) in [7, 11) is 1.19. The number of rotatable bonds is 2. The number of carbonyl (C=O) groups is 1. The SMILES string of the molecule is COC(=O)Cc1c(O)cncc1F. The summed E-state index contributed by atoms with van der Waals surface area (Å²) < 4.78 is 17.2. The molecule has 0 aromatic carbocycles. The van der Waals surface area contributed by atoms with Crippen molar-refractivity contribution in [3.63, 3.8) is 0 Å². The van der Waals surface area contributed by atoms with E-state index in [9.17, 15) is 9.18 Å². The standard InChI is InChI=1S/C8H8FNO3/c1-13-8(12)2-5-6(9)3-10-4-7(5)11/h3-4,11H,2H2,1H3. The van der Waals surface area contributed by atoms with Crippen LogP contribution in [0.4, 0.5) is 4.39 Å². The maximum atomic E-state index is 12.9. The zero-order valence-corrected chi connectivity index (χ0v) is 6.95. The molecule has 0 saturated carbocycles. The Bertz CT molecular complexity index is 307. The van der Waals surface area contributed by atoms with E-state index in [0.717, 1.165) is 12.4 Å². The zero-order chi connectivity index (χ0) is 9.84. The Morgan fingerprint density at radius 3 is 2.92 bits per heavy atom. The number of methoxy groups -OCH3 is 1. The molecule has 1 aromatic heterocycles. The van der Waals surface area contributed by atoms with Gasteiger partial charge in [-0.05, 0) is 0 Å². The number of pyridine rings is 1. The summed E-state index contributed by atoms with van der Waals surface area (Å²) in [4.78, 5) is 14.2. The molecule has 0 fully saturated rings. The summed E-state index contributed by atoms with van der Waals surface area (Å²) in [6.45, 7) is 0. The molecule has 0 amide bonds. The van der Waals surface area contributed by atoms with Gasteiger partial charge in [0.05, 0.1) is 25.9 Å². The van der Waals surface area contributed by atoms with Crippen LogP contribution in [0.25, 0.3) is 0 Å². The van der Waals surface area contributed by atoms with E-state index in [1.54, 1.807) is 0 Å². The Morgan fingerprint density at radius 2 is 2.38 bits per heavy atom. The summed E-state index contributed by atoms with van der Waals surface area (Å²) in [6, 6.07) is 0. The van der Waals surface area contributed by atoms with Gasteiger partial charge in [-0.1, -0.05) is 0 Å². The van der Waals surface area contributed by atoms with Gasteiger partial charge in [-0.2, -0.15) is 0 Å². The molecule has 0 aliphatic carbocycles. The highest BCUT2D eigenvalue weighted by atomic mass is 19.1. The average Bonchev–Trinajstić information content (AvgIpc) is 2.11. The largest absolute Gasteiger partial charge is 0.506 e. The maximum Gasteiger partial charge on any atom is 0.310 e. The Hall–Kier alpha value is -1.65. The maximum absolute atomic E-state index is 12.9. The minimum absolute atomic E-state index is 0.0955. The second-order valence-electron chi connectivity index (χ2n) is 2.37. The molecule has 1 heterocycles. The van der Waals surface area contributed by atoms with E-state index in [1.165, 1.54) is 7.11 Å². The van der Waals surface area contributed by atoms with Crippen LogP contribution < -0.4 is 0 Å². The molecule has 0 atom stereocenters. The van der Waals surface area contributed by atoms with E-state index in [0.29, 0.717) is 0 Å². The monoisotopic (exact) mass is 185 g/mol. The first-order chi connectivity index (χ1) is 6.15. The van der Waals surface area contributed by atoms with Crippen LogP contribution in [0, 0.1) is 5.82 Å². The molecule has 13 heavy (non-hydrogen) atoms. The van der Waals surface area contributed by atoms with Crippen molar-refractivity contribution < 1.29 is 19.0 Å². The molecule has 1 rings (SSSR count). The van der Waals surface area contributed by atoms with Gasteiger partial charge in [0.15, 0.2) is 0 Å². The number of esters is 1. The highest BCUT2D eigenvalue weighted by molar-refractivity contribution is 5.73. The Morgan fingerprint density at radius 1 is 1.69 bits per heavy atom. The van der Waals surface area contributed by atoms with Crippen molar-refractivity contribution in [1.29, 1.82) is 0 Å². The lowest BCUT2D eigenvalue weighted by molar-refractivity contribution is -0.139. The number of ether oxygens (including phenoxy) is 1. The van der Waals surface area contributed by atoms with Gasteiger partial charge in [-0.15, -0.1) is 0 Å². The fourth-order valence-corrected chi connectivity index (χ4v) is 0.843. The van der Waals surface area contributed by atoms with Crippen molar-refractivity contribution in [3.05, 3.63) is 23.8 Å². The summed E-state index contributed by atoms with van der Waals surface area (Å²) in [5, 5.41) is 9.13. The minimum Gasteiger partial charge on any atom is -0.506 e. The minimum atomic E-state index is -0.717. The molecule has 0 unspecified atom stereocenters. The van der Waals surface area contributed by atoms with Crippen LogP contribution in [-0.2, 0) is 16.0 Å². The van der Waals surface area contributed by atoms with Crippen LogP contribution in [0.5, 0.6) is 5.75 Å². The first-order valence-corrected chi connectivity index (χ1v) is 3.53. The van der Waals surface area contributed by atoms with Crippen molar-refractivity contribution in [2.24, 2.45) is 0 Å². The summed E-state index contributed by atoms with van der Waals surface area (Å²) in [6.07, 6.45) is 1.70. The van der Waals surface area contributed by atoms with Crippen molar-refractivity contribution >= 4 is 5.97 Å². The molecule has 0 bridgehead atoms. The van der Waals surface area contributed by atoms with Crippen LogP contribution >= 0.6 is 0 Å². The van der Waals surface area contributed by atoms with Gasteiger partial charge in [0.25, 0.3) is 0 Å². The van der Waals surface area contributed by atoms with Crippen LogP contribution in [0.2, 0.25) is 0 Å². The predicted octanol–water partition coefficient (Wildman–Crippen LogP) is 0.642. The lowest BCUT2D eigenvalue weighted by atomic mass is 10.2. The number of nitrogens with zero attached hydrogens (tertiary/aromatic N) is 1. The first-order valence-electron chi connectivity index (χ1n) is 3.53. The smallest absolute Gasteiger partial charge is 0.310 e. The van der Waals surface area contributed by atoms with Gasteiger partial charge in [0, 0.05) is 5.56 Å². The topological polar surface area (TPSA) is 59.4 Å². The van der Waals surface area contributed by atoms with E-state index in [4.69, 9.17) is 5.11 Å². The molecule has 0 radical (unpaired) electrons. The summed E-state index contributed by atoms with van der Waals surface area (Å²) >= 11 is 0. The molecule has 0 saturated heterocycles. The normalized spacial score (nSPS) is 9.69. The Kier molecular flexibility index (Phi) is 2.79. The second-order valence-corrected chi connectivity index (χ2v) is 2.37. The van der Waals surface area contributed by atoms with Crippen molar-refractivity contribution in [3.8, 4) is 5.75 Å². The molecule has 0 aliphatic heterocycles. The van der Waals surface area contributed by atoms with E-state index in [-0.39, 0.29) is 17.7 Å². The van der Waals surface area contributed by atoms with E-state index >= 15 is 0 Å². The third-order valence-electron chi connectivity index (χ3n) is 1.53. The van der Waals surface area contributed by atoms with Gasteiger partial charge in [0.1, 0.15) is 11.6 Å². The predicted molar refractivity (Wildman–Crippen MR) is 41.6 cm³/mol. The molecular weight excluding hydrogens is 177 g/mol. The van der Waals surface area contributed by atoms with Crippen LogP contribution in [0.15, 0.2) is 12.4 Å². The van der Waals surface area contributed by atoms with Crippen molar-refractivity contribution in [1.82, 2.24) is 4.98 Å². The molecule has 4 nitrogen and oxygen atoms in total. The number of aromatic hydroxyl groups is 1. The number of halogens is 1. The van der Waals surface area contributed by atoms with Crippen LogP contribution in [0.3, 0.4) is 0 Å². The van der Waals surface area contributed by atoms with Gasteiger partial charge >= 0.3 is 5.97 Å². The van der Waals surface area contributed by atoms with Gasteiger partial charge < -0.3 is 9.84 Å². The van der Waals surface area contributed by atoms with Gasteiger partial charge in [-0.3, -0.25) is 9.78 Å². The second kappa shape index (κ2) is 3.84. The number of carbonyl (C=O) groups excluding carboxylic acids is 1. The highest BCUT2D eigenvalue weighted by Gasteiger charge is 2.12. The lowest BCUT2D eigenvalue weighted by Crippen LogP contribution is -2.06. The molecule has 0 spiro atoms. The zero-order valence-electron chi connectivity index (χ0n) is 6.95. The molecule has 1 N–H and O–H groups in total. The Balaban J connectivity index is 2.93. The van der Waals surface area contributed by atoms with Crippen LogP contribution in [0.1, 0.15) is 5.56 Å². The Labute approximate surface area is 74.0 Å². The van der Waals surface area contributed by atoms with Crippen LogP contribution in [-0.4, -0.2) is 23.2 Å². The van der Waals surface area contributed by atoms with Gasteiger partial charge in [0.2, 0.25) is 0 Å². The highest BCUT2D eigenvalue weighted by Crippen LogP contribution is 2.18. The number of aromatic nitrogens is 1. The third-order valence-corrected chi connectivity index (χ3v) is 1.53. The lowest BCUT2D eigenvalue weighted by Gasteiger charge is -2.03. The number of hydrogen-bond donors (Lipinski definition) is 1. The van der Waals surface area contributed by atoms with Crippen molar-refractivity contribution in [2.75, 3.05) is 7.11 Å². The molecule has 1 aromatic rings. The third kappa shape index (κ3) is 2.14. The number of hydrogen-bond acceptors (Lipinski definition) is 4. The van der Waals surface area contributed by atoms with E-state index in [2.05, 4.69) is 9.72 Å². The van der Waals surface area contributed by atoms with E-state index in [1.807, 2.05) is 0 Å². The van der Waals surface area contributed by atoms with E-state index < -0.39 is 11.8 Å². The quantitative estimate of drug-likeness (QED) is 0.687. The molecule has 0 aliphatic rings. The summed E-state index contributed by atoms with van der Waals surface area (Å²) in [5.41, 5.74) is -0.0955. The van der Waals surface area contributed by atoms with Gasteiger partial charge in [-0.25, -0.2) is 4.39 Å². The fourth-order valence-electron chi connectivity index (χ4n) is 0.843. The molecule has 5 heteroatoms. The average molecular weight is 185 g/mol. The fraction of sp³-hybridized carbons (Fsp3) is 0.250. The molecule has 70 valence electrons. The summed E-state index contributed by atoms with van der Waals surface area (Å²) in [5.74, 6) is -1.67.